The number of carbonyl (C=O) groups excluding carboxylic acids is 2. The Morgan fingerprint density at radius 2 is 1.86 bits per heavy atom. The molecule has 0 radical (unpaired) electrons. The van der Waals surface area contributed by atoms with E-state index in [0.29, 0.717) is 17.9 Å². The molecule has 0 bridgehead atoms. The summed E-state index contributed by atoms with van der Waals surface area (Å²) >= 11 is 0. The minimum atomic E-state index is -0.694. The number of unbranched alkanes of at least 4 members (excludes halogenated alkanes) is 1. The van der Waals surface area contributed by atoms with Crippen molar-refractivity contribution in [3.8, 4) is 5.75 Å². The zero-order valence-electron chi connectivity index (χ0n) is 21.4. The van der Waals surface area contributed by atoms with Gasteiger partial charge in [0.05, 0.1) is 24.3 Å². The fourth-order valence-corrected chi connectivity index (χ4v) is 4.89. The zero-order valence-corrected chi connectivity index (χ0v) is 21.4. The van der Waals surface area contributed by atoms with E-state index in [9.17, 15) is 14.7 Å². The van der Waals surface area contributed by atoms with Gasteiger partial charge in [0.15, 0.2) is 0 Å². The van der Waals surface area contributed by atoms with Crippen molar-refractivity contribution in [3.63, 3.8) is 0 Å². The average molecular weight is 475 g/mol. The number of H-pyrrole nitrogens is 1. The van der Waals surface area contributed by atoms with Crippen LogP contribution in [0.4, 0.5) is 0 Å². The van der Waals surface area contributed by atoms with Gasteiger partial charge in [-0.1, -0.05) is 58.4 Å². The van der Waals surface area contributed by atoms with Gasteiger partial charge in [0.1, 0.15) is 11.5 Å². The first-order valence-electron chi connectivity index (χ1n) is 12.1. The normalized spacial score (nSPS) is 18.0. The molecule has 3 aromatic rings. The number of ketones is 1. The van der Waals surface area contributed by atoms with Gasteiger partial charge in [-0.05, 0) is 42.5 Å². The lowest BCUT2D eigenvalue weighted by Crippen LogP contribution is -2.30. The third-order valence-corrected chi connectivity index (χ3v) is 6.83. The van der Waals surface area contributed by atoms with Gasteiger partial charge in [0, 0.05) is 28.7 Å². The minimum absolute atomic E-state index is 0.100. The Bertz CT molecular complexity index is 1330. The topological polar surface area (TPSA) is 82.6 Å². The lowest BCUT2D eigenvalue weighted by atomic mass is 9.85. The number of likely N-dealkylation sites (tertiary alicyclic amines) is 1. The molecule has 1 aromatic heterocycles. The number of rotatable bonds is 6. The van der Waals surface area contributed by atoms with Gasteiger partial charge in [0.2, 0.25) is 0 Å². The van der Waals surface area contributed by atoms with E-state index in [4.69, 9.17) is 4.74 Å². The Morgan fingerprint density at radius 1 is 1.14 bits per heavy atom. The number of hydrogen-bond donors (Lipinski definition) is 2. The number of aliphatic hydroxyl groups is 1. The van der Waals surface area contributed by atoms with E-state index in [-0.39, 0.29) is 16.7 Å². The van der Waals surface area contributed by atoms with Crippen LogP contribution in [0.2, 0.25) is 0 Å². The van der Waals surface area contributed by atoms with Crippen LogP contribution in [0.3, 0.4) is 0 Å². The molecule has 35 heavy (non-hydrogen) atoms. The maximum Gasteiger partial charge on any atom is 0.295 e. The minimum Gasteiger partial charge on any atom is -0.507 e. The summed E-state index contributed by atoms with van der Waals surface area (Å²) in [5, 5.41) is 12.6. The molecule has 1 saturated heterocycles. The van der Waals surface area contributed by atoms with Crippen molar-refractivity contribution in [3.05, 3.63) is 70.4 Å². The second-order valence-electron chi connectivity index (χ2n) is 10.2. The summed E-state index contributed by atoms with van der Waals surface area (Å²) in [5.41, 5.74) is 3.94. The summed E-state index contributed by atoms with van der Waals surface area (Å²) in [6, 6.07) is 12.7. The van der Waals surface area contributed by atoms with Crippen molar-refractivity contribution in [2.45, 2.75) is 58.9 Å². The Balaban J connectivity index is 2.01. The Kier molecular flexibility index (Phi) is 6.50. The average Bonchev–Trinajstić information content (AvgIpc) is 3.28. The largest absolute Gasteiger partial charge is 0.507 e. The highest BCUT2D eigenvalue weighted by Gasteiger charge is 2.47. The summed E-state index contributed by atoms with van der Waals surface area (Å²) in [6.07, 6.45) is 1.64. The summed E-state index contributed by atoms with van der Waals surface area (Å²) in [7, 11) is 1.53. The molecule has 6 nitrogen and oxygen atoms in total. The quantitative estimate of drug-likeness (QED) is 0.261. The van der Waals surface area contributed by atoms with Crippen LogP contribution in [0.5, 0.6) is 5.75 Å². The van der Waals surface area contributed by atoms with Gasteiger partial charge in [0.25, 0.3) is 11.7 Å². The van der Waals surface area contributed by atoms with Crippen LogP contribution >= 0.6 is 0 Å². The fraction of sp³-hybridized carbons (Fsp3) is 0.379. The first-order valence-corrected chi connectivity index (χ1v) is 12.1. The molecule has 1 atom stereocenters. The van der Waals surface area contributed by atoms with Crippen molar-refractivity contribution in [2.24, 2.45) is 0 Å². The number of ether oxygens (including phenoxy) is 1. The Labute approximate surface area is 206 Å². The maximum absolute atomic E-state index is 13.5. The standard InChI is InChI=1S/C29H34N2O4/c1-7-8-15-31-25(23-17(2)30-21-12-10-9-11-19(21)23)24(27(33)28(31)34)26(32)20-16-18(29(3,4)5)13-14-22(20)35-6/h9-14,16,25,30,32H,7-8,15H2,1-6H3/b26-24+. The number of benzene rings is 2. The van der Waals surface area contributed by atoms with E-state index in [0.717, 1.165) is 40.6 Å². The summed E-state index contributed by atoms with van der Waals surface area (Å²) in [4.78, 5) is 31.7. The van der Waals surface area contributed by atoms with Crippen molar-refractivity contribution in [1.29, 1.82) is 0 Å². The van der Waals surface area contributed by atoms with Crippen LogP contribution in [-0.2, 0) is 15.0 Å². The lowest BCUT2D eigenvalue weighted by molar-refractivity contribution is -0.139. The van der Waals surface area contributed by atoms with E-state index >= 15 is 0 Å². The predicted molar refractivity (Wildman–Crippen MR) is 139 cm³/mol. The monoisotopic (exact) mass is 474 g/mol. The summed E-state index contributed by atoms with van der Waals surface area (Å²) < 4.78 is 5.56. The van der Waals surface area contributed by atoms with Crippen LogP contribution in [0.15, 0.2) is 48.0 Å². The highest BCUT2D eigenvalue weighted by atomic mass is 16.5. The number of hydrogen-bond acceptors (Lipinski definition) is 4. The van der Waals surface area contributed by atoms with Crippen LogP contribution < -0.4 is 4.74 Å². The van der Waals surface area contributed by atoms with Crippen molar-refractivity contribution < 1.29 is 19.4 Å². The van der Waals surface area contributed by atoms with E-state index in [1.807, 2.05) is 50.2 Å². The van der Waals surface area contributed by atoms with E-state index < -0.39 is 17.7 Å². The van der Waals surface area contributed by atoms with E-state index in [1.165, 1.54) is 7.11 Å². The van der Waals surface area contributed by atoms with Gasteiger partial charge in [-0.25, -0.2) is 0 Å². The van der Waals surface area contributed by atoms with Crippen LogP contribution in [0.25, 0.3) is 16.7 Å². The van der Waals surface area contributed by atoms with E-state index in [1.54, 1.807) is 11.0 Å². The molecule has 2 N–H and O–H groups in total. The molecule has 1 amide bonds. The number of nitrogens with one attached hydrogen (secondary N) is 1. The second kappa shape index (κ2) is 9.25. The molecule has 2 heterocycles. The number of fused-ring (bicyclic) bond motifs is 1. The van der Waals surface area contributed by atoms with Crippen LogP contribution in [-0.4, -0.2) is 40.3 Å². The molecule has 1 fully saturated rings. The number of carbonyl (C=O) groups is 2. The van der Waals surface area contributed by atoms with Gasteiger partial charge < -0.3 is 19.7 Å². The lowest BCUT2D eigenvalue weighted by Gasteiger charge is -2.26. The molecular formula is C29H34N2O4. The number of amides is 1. The van der Waals surface area contributed by atoms with Crippen LogP contribution in [0, 0.1) is 6.92 Å². The van der Waals surface area contributed by atoms with Crippen molar-refractivity contribution in [2.75, 3.05) is 13.7 Å². The SMILES string of the molecule is CCCCN1C(=O)C(=O)/C(=C(/O)c2cc(C(C)(C)C)ccc2OC)C1c1c(C)[nH]c2ccccc12. The molecule has 184 valence electrons. The number of aliphatic hydroxyl groups excluding tert-OH is 1. The molecule has 1 unspecified atom stereocenters. The molecular weight excluding hydrogens is 440 g/mol. The first-order chi connectivity index (χ1) is 16.6. The molecule has 6 heteroatoms. The zero-order chi connectivity index (χ0) is 25.5. The molecule has 1 aliphatic rings. The highest BCUT2D eigenvalue weighted by molar-refractivity contribution is 6.46. The van der Waals surface area contributed by atoms with E-state index in [2.05, 4.69) is 25.8 Å². The van der Waals surface area contributed by atoms with Crippen molar-refractivity contribution >= 4 is 28.4 Å². The number of methoxy groups -OCH3 is 1. The highest BCUT2D eigenvalue weighted by Crippen LogP contribution is 2.45. The first kappa shape index (κ1) is 24.6. The predicted octanol–water partition coefficient (Wildman–Crippen LogP) is 6.00. The number of para-hydroxylation sites is 1. The molecule has 0 saturated carbocycles. The van der Waals surface area contributed by atoms with Gasteiger partial charge >= 0.3 is 0 Å². The second-order valence-corrected chi connectivity index (χ2v) is 10.2. The van der Waals surface area contributed by atoms with Gasteiger partial charge in [-0.3, -0.25) is 9.59 Å². The molecule has 4 rings (SSSR count). The molecule has 1 aliphatic heterocycles. The third kappa shape index (κ3) is 4.22. The molecule has 2 aromatic carbocycles. The number of aromatic amines is 1. The molecule has 0 aliphatic carbocycles. The summed E-state index contributed by atoms with van der Waals surface area (Å²) in [6.45, 7) is 10.7. The number of nitrogens with zero attached hydrogens (tertiary/aromatic N) is 1. The van der Waals surface area contributed by atoms with Crippen LogP contribution in [0.1, 0.15) is 69.0 Å². The summed E-state index contributed by atoms with van der Waals surface area (Å²) in [5.74, 6) is -1.01. The fourth-order valence-electron chi connectivity index (χ4n) is 4.89. The maximum atomic E-state index is 13.5. The van der Waals surface area contributed by atoms with Gasteiger partial charge in [-0.15, -0.1) is 0 Å². The number of Topliss-reactive ketones (excluding diaryl/α,β-unsaturated/α-hetero) is 1. The third-order valence-electron chi connectivity index (χ3n) is 6.83. The number of aromatic nitrogens is 1. The Hall–Kier alpha value is -3.54. The van der Waals surface area contributed by atoms with Gasteiger partial charge in [-0.2, -0.15) is 0 Å². The van der Waals surface area contributed by atoms with Crippen molar-refractivity contribution in [1.82, 2.24) is 9.88 Å². The smallest absolute Gasteiger partial charge is 0.295 e. The number of aryl methyl sites for hydroxylation is 1. The molecule has 0 spiro atoms. The Morgan fingerprint density at radius 3 is 2.51 bits per heavy atom.